The molecule has 3 N–H and O–H groups in total. The van der Waals surface area contributed by atoms with Crippen LogP contribution >= 0.6 is 0 Å². The molecule has 0 bridgehead atoms. The Morgan fingerprint density at radius 1 is 1.47 bits per heavy atom. The summed E-state index contributed by atoms with van der Waals surface area (Å²) in [5.41, 5.74) is 5.21. The minimum Gasteiger partial charge on any atom is -0.497 e. The highest BCUT2D eigenvalue weighted by molar-refractivity contribution is 5.96. The molecule has 0 aliphatic carbocycles. The molecule has 6 nitrogen and oxygen atoms in total. The number of carbonyl (C=O) groups excluding carboxylic acids is 1. The van der Waals surface area contributed by atoms with E-state index in [1.807, 2.05) is 0 Å². The van der Waals surface area contributed by atoms with E-state index in [2.05, 4.69) is 15.4 Å². The number of rotatable bonds is 3. The summed E-state index contributed by atoms with van der Waals surface area (Å²) in [5.74, 6) is -0.972. The number of aromatic nitrogens is 3. The van der Waals surface area contributed by atoms with Gasteiger partial charge in [0.15, 0.2) is 5.69 Å². The monoisotopic (exact) mass is 236 g/mol. The number of H-pyrrole nitrogens is 1. The van der Waals surface area contributed by atoms with E-state index >= 15 is 0 Å². The van der Waals surface area contributed by atoms with Gasteiger partial charge in [-0.3, -0.25) is 4.79 Å². The van der Waals surface area contributed by atoms with Crippen LogP contribution in [-0.4, -0.2) is 28.4 Å². The number of hydrogen-bond donors (Lipinski definition) is 2. The number of nitrogens with zero attached hydrogens (tertiary/aromatic N) is 2. The van der Waals surface area contributed by atoms with Crippen molar-refractivity contribution in [2.75, 3.05) is 7.11 Å². The van der Waals surface area contributed by atoms with Crippen LogP contribution in [-0.2, 0) is 0 Å². The second kappa shape index (κ2) is 4.20. The Hall–Kier alpha value is -2.44. The fraction of sp³-hybridized carbons (Fsp3) is 0.100. The first-order chi connectivity index (χ1) is 8.13. The van der Waals surface area contributed by atoms with Crippen molar-refractivity contribution in [3.05, 3.63) is 29.7 Å². The van der Waals surface area contributed by atoms with Crippen molar-refractivity contribution in [3.63, 3.8) is 0 Å². The third kappa shape index (κ3) is 1.94. The number of nitrogens with two attached hydrogens (primary N) is 1. The first-order valence-electron chi connectivity index (χ1n) is 4.68. The molecule has 0 atom stereocenters. The van der Waals surface area contributed by atoms with Gasteiger partial charge in [0.1, 0.15) is 17.3 Å². The number of methoxy groups -OCH3 is 1. The van der Waals surface area contributed by atoms with E-state index in [9.17, 15) is 9.18 Å². The maximum atomic E-state index is 13.7. The fourth-order valence-electron chi connectivity index (χ4n) is 1.41. The van der Waals surface area contributed by atoms with Crippen LogP contribution in [0.5, 0.6) is 5.75 Å². The summed E-state index contributed by atoms with van der Waals surface area (Å²) in [7, 11) is 1.43. The van der Waals surface area contributed by atoms with Gasteiger partial charge in [-0.15, -0.1) is 0 Å². The molecular weight excluding hydrogens is 227 g/mol. The summed E-state index contributed by atoms with van der Waals surface area (Å²) in [6, 6.07) is 4.19. The van der Waals surface area contributed by atoms with Gasteiger partial charge >= 0.3 is 0 Å². The van der Waals surface area contributed by atoms with Gasteiger partial charge in [-0.2, -0.15) is 15.4 Å². The molecule has 2 rings (SSSR count). The van der Waals surface area contributed by atoms with Gasteiger partial charge in [-0.05, 0) is 12.1 Å². The first kappa shape index (κ1) is 11.1. The molecule has 0 radical (unpaired) electrons. The number of nitrogens with one attached hydrogen (secondary N) is 1. The zero-order chi connectivity index (χ0) is 12.4. The Bertz CT molecular complexity index is 567. The van der Waals surface area contributed by atoms with Gasteiger partial charge in [0.25, 0.3) is 5.91 Å². The van der Waals surface area contributed by atoms with Gasteiger partial charge in [-0.25, -0.2) is 4.39 Å². The van der Waals surface area contributed by atoms with Gasteiger partial charge in [-0.1, -0.05) is 0 Å². The van der Waals surface area contributed by atoms with Crippen molar-refractivity contribution in [1.82, 2.24) is 15.4 Å². The lowest BCUT2D eigenvalue weighted by Crippen LogP contribution is -2.13. The highest BCUT2D eigenvalue weighted by Gasteiger charge is 2.18. The first-order valence-corrected chi connectivity index (χ1v) is 4.68. The summed E-state index contributed by atoms with van der Waals surface area (Å²) in [5, 5.41) is 9.51. The Labute approximate surface area is 95.6 Å². The number of benzene rings is 1. The molecule has 0 saturated heterocycles. The molecule has 1 aromatic heterocycles. The lowest BCUT2D eigenvalue weighted by atomic mass is 10.1. The predicted octanol–water partition coefficient (Wildman–Crippen LogP) is 0.718. The number of ether oxygens (including phenoxy) is 1. The summed E-state index contributed by atoms with van der Waals surface area (Å²) >= 11 is 0. The molecule has 1 aromatic carbocycles. The summed E-state index contributed by atoms with van der Waals surface area (Å²) in [4.78, 5) is 11.0. The van der Waals surface area contributed by atoms with Gasteiger partial charge in [0.05, 0.1) is 7.11 Å². The standard InChI is InChI=1S/C10H9FN4O2/c1-17-5-2-3-6(7(11)4-5)8-9(10(12)16)14-15-13-8/h2-4H,1H3,(H2,12,16)(H,13,14,15). The van der Waals surface area contributed by atoms with E-state index in [1.54, 1.807) is 6.07 Å². The molecule has 0 aliphatic rings. The Morgan fingerprint density at radius 3 is 2.82 bits per heavy atom. The number of aromatic amines is 1. The van der Waals surface area contributed by atoms with Crippen LogP contribution in [0.25, 0.3) is 11.3 Å². The quantitative estimate of drug-likeness (QED) is 0.820. The van der Waals surface area contributed by atoms with Crippen molar-refractivity contribution >= 4 is 5.91 Å². The molecule has 0 aliphatic heterocycles. The molecule has 7 heteroatoms. The lowest BCUT2D eigenvalue weighted by molar-refractivity contribution is 0.0996. The SMILES string of the molecule is COc1ccc(-c2n[nH]nc2C(N)=O)c(F)c1. The fourth-order valence-corrected chi connectivity index (χ4v) is 1.41. The van der Waals surface area contributed by atoms with E-state index < -0.39 is 11.7 Å². The van der Waals surface area contributed by atoms with E-state index in [0.29, 0.717) is 5.75 Å². The normalized spacial score (nSPS) is 10.2. The van der Waals surface area contributed by atoms with Gasteiger partial charge < -0.3 is 10.5 Å². The Kier molecular flexibility index (Phi) is 2.73. The molecule has 1 heterocycles. The molecule has 0 spiro atoms. The second-order valence-electron chi connectivity index (χ2n) is 3.23. The van der Waals surface area contributed by atoms with Crippen molar-refractivity contribution in [1.29, 1.82) is 0 Å². The molecule has 1 amide bonds. The number of halogens is 1. The van der Waals surface area contributed by atoms with E-state index in [0.717, 1.165) is 0 Å². The van der Waals surface area contributed by atoms with Crippen LogP contribution in [0.15, 0.2) is 18.2 Å². The van der Waals surface area contributed by atoms with Crippen LogP contribution in [0.1, 0.15) is 10.5 Å². The lowest BCUT2D eigenvalue weighted by Gasteiger charge is -2.03. The molecule has 0 unspecified atom stereocenters. The highest BCUT2D eigenvalue weighted by Crippen LogP contribution is 2.26. The van der Waals surface area contributed by atoms with Crippen LogP contribution in [0.4, 0.5) is 4.39 Å². The number of hydrogen-bond acceptors (Lipinski definition) is 4. The second-order valence-corrected chi connectivity index (χ2v) is 3.23. The van der Waals surface area contributed by atoms with Crippen LogP contribution < -0.4 is 10.5 Å². The van der Waals surface area contributed by atoms with E-state index in [1.165, 1.54) is 19.2 Å². The van der Waals surface area contributed by atoms with Crippen LogP contribution in [0.2, 0.25) is 0 Å². The molecule has 2 aromatic rings. The van der Waals surface area contributed by atoms with Crippen molar-refractivity contribution in [2.45, 2.75) is 0 Å². The summed E-state index contributed by atoms with van der Waals surface area (Å²) in [6.45, 7) is 0. The largest absolute Gasteiger partial charge is 0.497 e. The Morgan fingerprint density at radius 2 is 2.24 bits per heavy atom. The zero-order valence-electron chi connectivity index (χ0n) is 8.90. The Balaban J connectivity index is 2.53. The van der Waals surface area contributed by atoms with Crippen LogP contribution in [0.3, 0.4) is 0 Å². The van der Waals surface area contributed by atoms with Crippen molar-refractivity contribution in [2.24, 2.45) is 5.73 Å². The minimum atomic E-state index is -0.774. The van der Waals surface area contributed by atoms with Gasteiger partial charge in [0.2, 0.25) is 0 Å². The summed E-state index contributed by atoms with van der Waals surface area (Å²) in [6.07, 6.45) is 0. The molecule has 0 saturated carbocycles. The van der Waals surface area contributed by atoms with Gasteiger partial charge in [0, 0.05) is 11.6 Å². The molecule has 88 valence electrons. The predicted molar refractivity (Wildman–Crippen MR) is 56.8 cm³/mol. The van der Waals surface area contributed by atoms with E-state index in [-0.39, 0.29) is 17.0 Å². The highest BCUT2D eigenvalue weighted by atomic mass is 19.1. The smallest absolute Gasteiger partial charge is 0.271 e. The average Bonchev–Trinajstić information content (AvgIpc) is 2.77. The maximum absolute atomic E-state index is 13.7. The number of primary amides is 1. The topological polar surface area (TPSA) is 93.9 Å². The average molecular weight is 236 g/mol. The number of carbonyl (C=O) groups is 1. The molecule has 17 heavy (non-hydrogen) atoms. The van der Waals surface area contributed by atoms with E-state index in [4.69, 9.17) is 10.5 Å². The third-order valence-corrected chi connectivity index (χ3v) is 2.21. The third-order valence-electron chi connectivity index (χ3n) is 2.21. The zero-order valence-corrected chi connectivity index (χ0v) is 8.90. The van der Waals surface area contributed by atoms with Crippen molar-refractivity contribution < 1.29 is 13.9 Å². The summed E-state index contributed by atoms with van der Waals surface area (Å²) < 4.78 is 18.6. The van der Waals surface area contributed by atoms with Crippen LogP contribution in [0, 0.1) is 5.82 Å². The maximum Gasteiger partial charge on any atom is 0.271 e. The number of amides is 1. The minimum absolute atomic E-state index is 0.0812. The molecular formula is C10H9FN4O2. The molecule has 0 fully saturated rings. The van der Waals surface area contributed by atoms with Crippen molar-refractivity contribution in [3.8, 4) is 17.0 Å².